The van der Waals surface area contributed by atoms with E-state index in [0.29, 0.717) is 53.6 Å². The third kappa shape index (κ3) is 10.3. The minimum absolute atomic E-state index is 0.359. The van der Waals surface area contributed by atoms with Crippen molar-refractivity contribution >= 4 is 29.1 Å². The van der Waals surface area contributed by atoms with Crippen molar-refractivity contribution < 1.29 is 23.8 Å². The molecular formula is C44H32N6O5. The first-order valence-corrected chi connectivity index (χ1v) is 17.0. The van der Waals surface area contributed by atoms with Gasteiger partial charge >= 0.3 is 12.1 Å². The van der Waals surface area contributed by atoms with E-state index in [4.69, 9.17) is 30.0 Å². The van der Waals surface area contributed by atoms with Crippen molar-refractivity contribution in [3.63, 3.8) is 0 Å². The number of nitrogens with one attached hydrogen (secondary N) is 2. The van der Waals surface area contributed by atoms with E-state index in [1.165, 1.54) is 0 Å². The van der Waals surface area contributed by atoms with E-state index in [0.717, 1.165) is 38.3 Å². The maximum Gasteiger partial charge on any atom is 0.334 e. The van der Waals surface area contributed by atoms with Crippen molar-refractivity contribution in [1.29, 1.82) is 15.8 Å². The van der Waals surface area contributed by atoms with Crippen LogP contribution in [-0.2, 0) is 19.3 Å². The number of rotatable bonds is 12. The average molecular weight is 725 g/mol. The van der Waals surface area contributed by atoms with Gasteiger partial charge in [-0.05, 0) is 125 Å². The van der Waals surface area contributed by atoms with E-state index < -0.39 is 12.1 Å². The molecule has 6 rings (SSSR count). The number of amides is 4. The van der Waals surface area contributed by atoms with E-state index in [2.05, 4.69) is 10.6 Å². The second-order valence-electron chi connectivity index (χ2n) is 12.3. The van der Waals surface area contributed by atoms with Crippen LogP contribution in [0.1, 0.15) is 33.4 Å². The van der Waals surface area contributed by atoms with Gasteiger partial charge in [-0.15, -0.1) is 15.8 Å². The van der Waals surface area contributed by atoms with Crippen LogP contribution in [0.2, 0.25) is 0 Å². The highest BCUT2D eigenvalue weighted by Gasteiger charge is 2.24. The molecule has 0 heterocycles. The summed E-state index contributed by atoms with van der Waals surface area (Å²) in [5, 5.41) is 31.9. The number of anilines is 3. The Morgan fingerprint density at radius 2 is 0.673 bits per heavy atom. The predicted molar refractivity (Wildman–Crippen MR) is 206 cm³/mol. The molecule has 0 aliphatic carbocycles. The molecule has 4 amide bonds. The van der Waals surface area contributed by atoms with E-state index in [1.807, 2.05) is 72.8 Å². The molecule has 55 heavy (non-hydrogen) atoms. The fourth-order valence-corrected chi connectivity index (χ4v) is 5.75. The summed E-state index contributed by atoms with van der Waals surface area (Å²) in [6.07, 6.45) is 6.81. The Bertz CT molecular complexity index is 2240. The topological polar surface area (TPSA) is 160 Å². The van der Waals surface area contributed by atoms with Gasteiger partial charge in [-0.25, -0.2) is 14.5 Å². The van der Waals surface area contributed by atoms with Crippen molar-refractivity contribution in [3.05, 3.63) is 179 Å². The standard InChI is InChI=1S/C44H32N6O5/c45-28-53-40-19-7-34(8-20-40)25-31-1-13-37(14-2-31)48-43(51)50(39-17-5-33(6-18-39)27-36-11-23-42(24-12-36)55-30-47)44(52)49-38-15-3-32(4-16-38)26-35-9-21-41(22-10-35)54-29-46/h1-24H,25-27H2,(H,48,51)(H,49,52). The lowest BCUT2D eigenvalue weighted by Crippen LogP contribution is -2.42. The minimum atomic E-state index is -0.653. The smallest absolute Gasteiger partial charge is 0.334 e. The van der Waals surface area contributed by atoms with Gasteiger partial charge in [0.15, 0.2) is 0 Å². The predicted octanol–water partition coefficient (Wildman–Crippen LogP) is 9.31. The lowest BCUT2D eigenvalue weighted by Gasteiger charge is -2.22. The molecule has 0 saturated carbocycles. The number of imide groups is 1. The van der Waals surface area contributed by atoms with Crippen molar-refractivity contribution in [2.45, 2.75) is 19.3 Å². The number of hydrogen-bond donors (Lipinski definition) is 2. The van der Waals surface area contributed by atoms with Gasteiger partial charge in [0.25, 0.3) is 18.8 Å². The molecule has 0 aliphatic rings. The highest BCUT2D eigenvalue weighted by molar-refractivity contribution is 6.21. The summed E-state index contributed by atoms with van der Waals surface area (Å²) in [6, 6.07) is 42.1. The Morgan fingerprint density at radius 1 is 0.418 bits per heavy atom. The highest BCUT2D eigenvalue weighted by Crippen LogP contribution is 2.24. The van der Waals surface area contributed by atoms with Crippen LogP contribution in [0.3, 0.4) is 0 Å². The zero-order valence-electron chi connectivity index (χ0n) is 29.3. The summed E-state index contributed by atoms with van der Waals surface area (Å²) in [5.74, 6) is 1.39. The first-order valence-electron chi connectivity index (χ1n) is 17.0. The summed E-state index contributed by atoms with van der Waals surface area (Å²) in [6.45, 7) is 0. The van der Waals surface area contributed by atoms with Crippen LogP contribution in [0.4, 0.5) is 26.7 Å². The molecule has 0 unspecified atom stereocenters. The Labute approximate surface area is 317 Å². The van der Waals surface area contributed by atoms with E-state index >= 15 is 0 Å². The number of nitriles is 3. The van der Waals surface area contributed by atoms with Crippen LogP contribution in [0, 0.1) is 34.6 Å². The van der Waals surface area contributed by atoms with Gasteiger partial charge in [-0.3, -0.25) is 0 Å². The minimum Gasteiger partial charge on any atom is -0.388 e. The second kappa shape index (κ2) is 17.9. The number of urea groups is 2. The van der Waals surface area contributed by atoms with Gasteiger partial charge in [0.1, 0.15) is 17.2 Å². The van der Waals surface area contributed by atoms with E-state index in [-0.39, 0.29) is 0 Å². The lowest BCUT2D eigenvalue weighted by atomic mass is 10.0. The third-order valence-corrected chi connectivity index (χ3v) is 8.50. The van der Waals surface area contributed by atoms with Crippen LogP contribution in [-0.4, -0.2) is 12.1 Å². The summed E-state index contributed by atoms with van der Waals surface area (Å²) in [4.78, 5) is 28.7. The summed E-state index contributed by atoms with van der Waals surface area (Å²) >= 11 is 0. The fourth-order valence-electron chi connectivity index (χ4n) is 5.75. The number of nitrogens with zero attached hydrogens (tertiary/aromatic N) is 4. The monoisotopic (exact) mass is 724 g/mol. The van der Waals surface area contributed by atoms with E-state index in [9.17, 15) is 9.59 Å². The Hall–Kier alpha value is -8.07. The number of benzene rings is 6. The third-order valence-electron chi connectivity index (χ3n) is 8.50. The maximum absolute atomic E-state index is 13.8. The molecule has 6 aromatic rings. The van der Waals surface area contributed by atoms with Crippen LogP contribution in [0.5, 0.6) is 17.2 Å². The van der Waals surface area contributed by atoms with Gasteiger partial charge < -0.3 is 24.8 Å². The Kier molecular flexibility index (Phi) is 12.0. The fraction of sp³-hybridized carbons (Fsp3) is 0.0682. The molecule has 0 aliphatic heterocycles. The zero-order valence-corrected chi connectivity index (χ0v) is 29.3. The second-order valence-corrected chi connectivity index (χ2v) is 12.3. The number of carbonyl (C=O) groups excluding carboxylic acids is 2. The molecule has 0 bridgehead atoms. The molecule has 0 fully saturated rings. The van der Waals surface area contributed by atoms with Crippen molar-refractivity contribution in [2.75, 3.05) is 15.5 Å². The molecule has 0 radical (unpaired) electrons. The molecule has 11 nitrogen and oxygen atoms in total. The van der Waals surface area contributed by atoms with Gasteiger partial charge in [-0.2, -0.15) is 0 Å². The van der Waals surface area contributed by atoms with Crippen LogP contribution >= 0.6 is 0 Å². The molecule has 0 aromatic heterocycles. The van der Waals surface area contributed by atoms with Crippen LogP contribution < -0.4 is 29.7 Å². The van der Waals surface area contributed by atoms with Gasteiger partial charge in [0.05, 0.1) is 5.69 Å². The Morgan fingerprint density at radius 3 is 0.945 bits per heavy atom. The molecule has 6 aromatic carbocycles. The van der Waals surface area contributed by atoms with E-state index in [1.54, 1.807) is 91.6 Å². The summed E-state index contributed by atoms with van der Waals surface area (Å²) < 4.78 is 14.6. The maximum atomic E-state index is 13.8. The largest absolute Gasteiger partial charge is 0.388 e. The molecule has 0 spiro atoms. The Balaban J connectivity index is 1.16. The average Bonchev–Trinajstić information content (AvgIpc) is 3.20. The first-order chi connectivity index (χ1) is 26.9. The molecule has 2 N–H and O–H groups in total. The molecule has 268 valence electrons. The number of carbonyl (C=O) groups is 2. The van der Waals surface area contributed by atoms with Crippen molar-refractivity contribution in [1.82, 2.24) is 0 Å². The van der Waals surface area contributed by atoms with Gasteiger partial charge in [0, 0.05) is 11.4 Å². The van der Waals surface area contributed by atoms with Crippen molar-refractivity contribution in [3.8, 4) is 36.0 Å². The van der Waals surface area contributed by atoms with Crippen molar-refractivity contribution in [2.24, 2.45) is 0 Å². The zero-order chi connectivity index (χ0) is 38.4. The SMILES string of the molecule is N#COc1ccc(Cc2ccc(NC(=O)N(C(=O)Nc3ccc(Cc4ccc(OC#N)cc4)cc3)c3ccc(Cc4ccc(OC#N)cc4)cc3)cc2)cc1. The van der Waals surface area contributed by atoms with Crippen LogP contribution in [0.15, 0.2) is 146 Å². The summed E-state index contributed by atoms with van der Waals surface area (Å²) in [7, 11) is 0. The highest BCUT2D eigenvalue weighted by atomic mass is 16.5. The van der Waals surface area contributed by atoms with Gasteiger partial charge in [-0.1, -0.05) is 72.8 Å². The molecule has 0 atom stereocenters. The molecule has 11 heteroatoms. The van der Waals surface area contributed by atoms with Crippen LogP contribution in [0.25, 0.3) is 0 Å². The summed E-state index contributed by atoms with van der Waals surface area (Å²) in [5.41, 5.74) is 7.34. The molecule has 0 saturated heterocycles. The number of ether oxygens (including phenoxy) is 3. The quantitative estimate of drug-likeness (QED) is 0.118. The first kappa shape index (κ1) is 36.7. The number of hydrogen-bond acceptors (Lipinski definition) is 8. The lowest BCUT2D eigenvalue weighted by molar-refractivity contribution is 0.246. The van der Waals surface area contributed by atoms with Gasteiger partial charge in [0.2, 0.25) is 0 Å². The molecular weight excluding hydrogens is 693 g/mol. The normalized spacial score (nSPS) is 10.1.